The van der Waals surface area contributed by atoms with Crippen LogP contribution in [-0.4, -0.2) is 80.0 Å². The summed E-state index contributed by atoms with van der Waals surface area (Å²) in [6, 6.07) is 16.2. The second-order valence-electron chi connectivity index (χ2n) is 15.3. The van der Waals surface area contributed by atoms with Gasteiger partial charge in [-0.3, -0.25) is 24.0 Å². The van der Waals surface area contributed by atoms with Crippen LogP contribution < -0.4 is 32.0 Å². The molecule has 1 aliphatic rings. The van der Waals surface area contributed by atoms with Crippen LogP contribution in [0.4, 0.5) is 0 Å². The van der Waals surface area contributed by atoms with E-state index in [0.717, 1.165) is 30.4 Å². The van der Waals surface area contributed by atoms with E-state index in [4.69, 9.17) is 26.7 Å². The molecule has 0 fully saturated rings. The Morgan fingerprint density at radius 3 is 2.24 bits per heavy atom. The van der Waals surface area contributed by atoms with E-state index < -0.39 is 41.5 Å². The third-order valence-electron chi connectivity index (χ3n) is 10.7. The summed E-state index contributed by atoms with van der Waals surface area (Å²) in [6.07, 6.45) is 2.87. The average Bonchev–Trinajstić information content (AvgIpc) is 3.22. The number of benzene rings is 3. The third-order valence-corrected chi connectivity index (χ3v) is 10.7. The Kier molecular flexibility index (Phi) is 17.8. The van der Waals surface area contributed by atoms with Crippen molar-refractivity contribution in [2.24, 2.45) is 29.0 Å². The van der Waals surface area contributed by atoms with Gasteiger partial charge in [-0.25, -0.2) is 0 Å². The molecule has 1 aliphatic heterocycles. The van der Waals surface area contributed by atoms with Crippen molar-refractivity contribution < 1.29 is 33.4 Å². The second kappa shape index (κ2) is 22.7. The molecule has 2 amide bonds. The van der Waals surface area contributed by atoms with Crippen LogP contribution in [0.2, 0.25) is 0 Å². The fourth-order valence-electron chi connectivity index (χ4n) is 7.55. The summed E-state index contributed by atoms with van der Waals surface area (Å²) in [5, 5.41) is 12.0. The quantitative estimate of drug-likeness (QED) is 0.119. The number of nitrogens with one attached hydrogen (secondary N) is 1. The maximum atomic E-state index is 14.6. The lowest BCUT2D eigenvalue weighted by atomic mass is 9.87. The van der Waals surface area contributed by atoms with E-state index in [1.165, 1.54) is 11.9 Å². The lowest BCUT2D eigenvalue weighted by Crippen LogP contribution is -2.46. The topological polar surface area (TPSA) is 221 Å². The van der Waals surface area contributed by atoms with Crippen molar-refractivity contribution in [1.29, 1.82) is 5.26 Å². The van der Waals surface area contributed by atoms with Crippen LogP contribution in [0.1, 0.15) is 97.4 Å². The highest BCUT2D eigenvalue weighted by Gasteiger charge is 2.36. The third kappa shape index (κ3) is 12.3. The number of nitriles is 1. The molecule has 4 atom stereocenters. The molecule has 4 bridgehead atoms. The van der Waals surface area contributed by atoms with Crippen LogP contribution >= 0.6 is 0 Å². The van der Waals surface area contributed by atoms with Gasteiger partial charge in [0, 0.05) is 74.3 Å². The number of rotatable bonds is 19. The van der Waals surface area contributed by atoms with Crippen LogP contribution in [0, 0.1) is 30.1 Å². The maximum absolute atomic E-state index is 14.6. The van der Waals surface area contributed by atoms with Gasteiger partial charge >= 0.3 is 0 Å². The van der Waals surface area contributed by atoms with Gasteiger partial charge in [0.1, 0.15) is 30.8 Å². The number of ketones is 3. The minimum Gasteiger partial charge on any atom is -0.492 e. The number of hydrogen-bond donors (Lipinski definition) is 4. The second-order valence-corrected chi connectivity index (χ2v) is 15.3. The van der Waals surface area contributed by atoms with E-state index in [9.17, 15) is 29.2 Å². The molecule has 0 radical (unpaired) electrons. The van der Waals surface area contributed by atoms with Gasteiger partial charge in [0.2, 0.25) is 11.8 Å². The molecule has 3 aromatic rings. The Labute approximate surface area is 348 Å². The van der Waals surface area contributed by atoms with E-state index in [0.29, 0.717) is 39.3 Å². The van der Waals surface area contributed by atoms with Crippen LogP contribution in [0.15, 0.2) is 54.6 Å². The first kappa shape index (κ1) is 46.3. The number of aryl methyl sites for hydroxylation is 2. The van der Waals surface area contributed by atoms with Crippen molar-refractivity contribution in [2.45, 2.75) is 90.6 Å². The van der Waals surface area contributed by atoms with Gasteiger partial charge in [-0.1, -0.05) is 50.6 Å². The number of amides is 2. The molecule has 4 rings (SSSR count). The zero-order valence-electron chi connectivity index (χ0n) is 34.9. The number of fused-ring (bicyclic) bond motifs is 5. The Morgan fingerprint density at radius 2 is 1.61 bits per heavy atom. The summed E-state index contributed by atoms with van der Waals surface area (Å²) < 4.78 is 12.2. The normalized spacial score (nSPS) is 17.2. The van der Waals surface area contributed by atoms with Crippen molar-refractivity contribution in [3.05, 3.63) is 82.4 Å². The molecular weight excluding hydrogens is 749 g/mol. The Hall–Kier alpha value is -5.42. The number of ether oxygens (including phenoxy) is 2. The molecule has 0 saturated carbocycles. The van der Waals surface area contributed by atoms with E-state index in [1.54, 1.807) is 37.3 Å². The predicted octanol–water partition coefficient (Wildman–Crippen LogP) is 4.93. The molecule has 316 valence electrons. The fourth-order valence-corrected chi connectivity index (χ4v) is 7.55. The van der Waals surface area contributed by atoms with Gasteiger partial charge in [-0.15, -0.1) is 0 Å². The number of nitrogens with two attached hydrogens (primary N) is 3. The van der Waals surface area contributed by atoms with Crippen LogP contribution in [0.5, 0.6) is 11.5 Å². The predicted molar refractivity (Wildman–Crippen MR) is 227 cm³/mol. The molecule has 0 saturated heterocycles. The van der Waals surface area contributed by atoms with Crippen LogP contribution in [0.3, 0.4) is 0 Å². The zero-order chi connectivity index (χ0) is 43.1. The molecule has 3 aromatic carbocycles. The summed E-state index contributed by atoms with van der Waals surface area (Å²) in [7, 11) is 1.53. The molecule has 13 heteroatoms. The van der Waals surface area contributed by atoms with Gasteiger partial charge in [-0.2, -0.15) is 5.26 Å². The average molecular weight is 809 g/mol. The molecule has 0 unspecified atom stereocenters. The highest BCUT2D eigenvalue weighted by molar-refractivity contribution is 6.01. The van der Waals surface area contributed by atoms with Crippen molar-refractivity contribution in [2.75, 3.05) is 39.9 Å². The summed E-state index contributed by atoms with van der Waals surface area (Å²) in [5.74, 6) is -2.74. The number of Topliss-reactive ketones (excluding diaryl/α,β-unsaturated/α-hetero) is 3. The molecule has 13 nitrogen and oxygen atoms in total. The number of unbranched alkanes of at least 4 members (excludes halogenated alkanes) is 1. The smallest absolute Gasteiger partial charge is 0.226 e. The zero-order valence-corrected chi connectivity index (χ0v) is 34.9. The van der Waals surface area contributed by atoms with Crippen molar-refractivity contribution >= 4 is 29.2 Å². The summed E-state index contributed by atoms with van der Waals surface area (Å²) in [6.45, 7) is 6.58. The fraction of sp³-hybridized carbons (Fsp3) is 0.478. The Morgan fingerprint density at radius 1 is 0.932 bits per heavy atom. The largest absolute Gasteiger partial charge is 0.492 e. The molecule has 0 aliphatic carbocycles. The number of carbonyl (C=O) groups excluding carboxylic acids is 5. The van der Waals surface area contributed by atoms with E-state index in [2.05, 4.69) is 12.2 Å². The summed E-state index contributed by atoms with van der Waals surface area (Å²) in [4.78, 5) is 71.5. The molecule has 0 aromatic heterocycles. The first-order chi connectivity index (χ1) is 28.4. The SMILES string of the molecule is CCCCc1ccc(C(=O)C[C@@H](CCN)C(=O)N(C)[C@@H]2C(=O)C[C@@H](C)C(=O)N[C@H](C(=O)CCC#N)Cc3ccc(OCCN)c(c3)-c3cc2ccc3OCCN)c(C)c1. The lowest BCUT2D eigenvalue weighted by molar-refractivity contribution is -0.142. The van der Waals surface area contributed by atoms with Crippen LogP contribution in [0.25, 0.3) is 11.1 Å². The molecule has 59 heavy (non-hydrogen) atoms. The first-order valence-corrected chi connectivity index (χ1v) is 20.6. The Bertz CT molecular complexity index is 2010. The van der Waals surface area contributed by atoms with Gasteiger partial charge in [-0.05, 0) is 85.7 Å². The van der Waals surface area contributed by atoms with Gasteiger partial charge in [0.15, 0.2) is 17.3 Å². The molecular formula is C46H60N6O7. The van der Waals surface area contributed by atoms with Gasteiger partial charge in [0.05, 0.1) is 12.1 Å². The van der Waals surface area contributed by atoms with E-state index in [1.807, 2.05) is 37.3 Å². The van der Waals surface area contributed by atoms with Crippen molar-refractivity contribution in [1.82, 2.24) is 10.2 Å². The highest BCUT2D eigenvalue weighted by Crippen LogP contribution is 2.41. The molecule has 7 N–H and O–H groups in total. The highest BCUT2D eigenvalue weighted by atomic mass is 16.5. The standard InChI is InChI=1S/C46H60N6O7/c1-5-6-8-31-10-13-35(29(2)23-31)40(54)28-34(16-18-48)46(57)52(4)44-33-12-15-43(59-22-20-50)37(27-33)36-25-32(11-14-42(36)58-21-19-49)26-38(39(53)9-7-17-47)51-45(56)30(3)24-41(44)55/h10-15,23,25,27,30,34,38,44H,5-9,16,18-22,24,26,28,48-50H2,1-4H3,(H,51,56)/t30-,34-,38+,44+/m1/s1. The van der Waals surface area contributed by atoms with Gasteiger partial charge in [0.25, 0.3) is 0 Å². The first-order valence-electron chi connectivity index (χ1n) is 20.6. The van der Waals surface area contributed by atoms with Crippen molar-refractivity contribution in [3.63, 3.8) is 0 Å². The maximum Gasteiger partial charge on any atom is 0.226 e. The van der Waals surface area contributed by atoms with Crippen molar-refractivity contribution in [3.8, 4) is 28.7 Å². The number of hydrogen-bond acceptors (Lipinski definition) is 11. The monoisotopic (exact) mass is 808 g/mol. The minimum absolute atomic E-state index is 0.0191. The molecule has 1 heterocycles. The van der Waals surface area contributed by atoms with E-state index in [-0.39, 0.29) is 82.9 Å². The summed E-state index contributed by atoms with van der Waals surface area (Å²) >= 11 is 0. The number of nitrogens with zero attached hydrogens (tertiary/aromatic N) is 2. The van der Waals surface area contributed by atoms with Gasteiger partial charge < -0.3 is 36.9 Å². The van der Waals surface area contributed by atoms with Crippen LogP contribution in [-0.2, 0) is 32.0 Å². The van der Waals surface area contributed by atoms with E-state index >= 15 is 0 Å². The number of likely N-dealkylation sites (N-methyl/N-ethyl adjacent to an activating group) is 1. The summed E-state index contributed by atoms with van der Waals surface area (Å²) in [5.41, 5.74) is 22.5. The lowest BCUT2D eigenvalue weighted by Gasteiger charge is -2.32. The number of carbonyl (C=O) groups is 5. The molecule has 0 spiro atoms. The minimum atomic E-state index is -1.19. The Balaban J connectivity index is 1.85.